The lowest BCUT2D eigenvalue weighted by Gasteiger charge is -2.34. The van der Waals surface area contributed by atoms with Gasteiger partial charge in [0.05, 0.1) is 29.0 Å². The smallest absolute Gasteiger partial charge is 0.238 e. The molecule has 2 heterocycles. The fourth-order valence-electron chi connectivity index (χ4n) is 3.67. The Bertz CT molecular complexity index is 973. The van der Waals surface area contributed by atoms with Crippen LogP contribution >= 0.6 is 11.3 Å². The van der Waals surface area contributed by atoms with Gasteiger partial charge in [-0.3, -0.25) is 9.69 Å². The summed E-state index contributed by atoms with van der Waals surface area (Å²) < 4.78 is 6.92. The van der Waals surface area contributed by atoms with Crippen LogP contribution in [0.4, 0.5) is 5.69 Å². The molecule has 146 valence electrons. The molecule has 1 amide bonds. The van der Waals surface area contributed by atoms with Crippen molar-refractivity contribution in [3.8, 4) is 10.6 Å². The van der Waals surface area contributed by atoms with E-state index in [1.807, 2.05) is 38.1 Å². The molecule has 1 N–H and O–H groups in total. The van der Waals surface area contributed by atoms with Crippen LogP contribution in [0.1, 0.15) is 19.4 Å². The number of aromatic nitrogens is 1. The number of aryl methyl sites for hydroxylation is 1. The van der Waals surface area contributed by atoms with Crippen LogP contribution < -0.4 is 5.32 Å². The minimum Gasteiger partial charge on any atom is -0.373 e. The lowest BCUT2D eigenvalue weighted by atomic mass is 10.2. The van der Waals surface area contributed by atoms with Crippen molar-refractivity contribution in [3.63, 3.8) is 0 Å². The number of morpholine rings is 1. The van der Waals surface area contributed by atoms with Gasteiger partial charge in [0.25, 0.3) is 0 Å². The van der Waals surface area contributed by atoms with Gasteiger partial charge in [0.15, 0.2) is 0 Å². The van der Waals surface area contributed by atoms with Gasteiger partial charge in [-0.05, 0) is 62.7 Å². The molecule has 4 rings (SSSR count). The summed E-state index contributed by atoms with van der Waals surface area (Å²) >= 11 is 1.69. The number of nitrogens with one attached hydrogen (secondary N) is 1. The SMILES string of the molecule is Cc1ccc2nc(-c3ccc(NC(=O)CN4C[C@H](C)O[C@@H](C)C4)cc3)sc2c1. The van der Waals surface area contributed by atoms with E-state index in [1.165, 1.54) is 10.3 Å². The van der Waals surface area contributed by atoms with Gasteiger partial charge in [-0.15, -0.1) is 11.3 Å². The minimum atomic E-state index is 0.00418. The molecular weight excluding hydrogens is 370 g/mol. The summed E-state index contributed by atoms with van der Waals surface area (Å²) in [7, 11) is 0. The molecule has 0 bridgehead atoms. The van der Waals surface area contributed by atoms with Gasteiger partial charge in [-0.1, -0.05) is 6.07 Å². The number of amides is 1. The Morgan fingerprint density at radius 2 is 1.89 bits per heavy atom. The average molecular weight is 396 g/mol. The molecule has 0 radical (unpaired) electrons. The average Bonchev–Trinajstić information content (AvgIpc) is 3.04. The van der Waals surface area contributed by atoms with Crippen molar-refractivity contribution in [2.45, 2.75) is 33.0 Å². The normalized spacial score (nSPS) is 20.4. The zero-order valence-electron chi connectivity index (χ0n) is 16.4. The van der Waals surface area contributed by atoms with E-state index in [-0.39, 0.29) is 18.1 Å². The Hall–Kier alpha value is -2.28. The number of nitrogens with zero attached hydrogens (tertiary/aromatic N) is 2. The van der Waals surface area contributed by atoms with Crippen molar-refractivity contribution >= 4 is 33.1 Å². The molecule has 5 nitrogen and oxygen atoms in total. The molecule has 1 aliphatic heterocycles. The Balaban J connectivity index is 1.40. The second-order valence-electron chi connectivity index (χ2n) is 7.57. The molecule has 0 unspecified atom stereocenters. The summed E-state index contributed by atoms with van der Waals surface area (Å²) in [4.78, 5) is 19.3. The third-order valence-electron chi connectivity index (χ3n) is 4.82. The molecule has 28 heavy (non-hydrogen) atoms. The predicted molar refractivity (Wildman–Crippen MR) is 115 cm³/mol. The summed E-state index contributed by atoms with van der Waals surface area (Å²) in [6.45, 7) is 8.14. The second kappa shape index (κ2) is 7.99. The molecule has 0 saturated carbocycles. The van der Waals surface area contributed by atoms with E-state index in [2.05, 4.69) is 35.3 Å². The first-order valence-corrected chi connectivity index (χ1v) is 10.4. The van der Waals surface area contributed by atoms with Crippen LogP contribution in [0.2, 0.25) is 0 Å². The second-order valence-corrected chi connectivity index (χ2v) is 8.60. The Kier molecular flexibility index (Phi) is 5.44. The number of ether oxygens (including phenoxy) is 1. The van der Waals surface area contributed by atoms with Gasteiger partial charge in [0, 0.05) is 24.3 Å². The lowest BCUT2D eigenvalue weighted by Crippen LogP contribution is -2.48. The van der Waals surface area contributed by atoms with Gasteiger partial charge in [0.1, 0.15) is 5.01 Å². The topological polar surface area (TPSA) is 54.5 Å². The fraction of sp³-hybridized carbons (Fsp3) is 0.364. The first-order valence-electron chi connectivity index (χ1n) is 9.61. The molecule has 3 aromatic rings. The van der Waals surface area contributed by atoms with Crippen LogP contribution in [0, 0.1) is 6.92 Å². The highest BCUT2D eigenvalue weighted by Gasteiger charge is 2.23. The number of hydrogen-bond donors (Lipinski definition) is 1. The number of rotatable bonds is 4. The van der Waals surface area contributed by atoms with Gasteiger partial charge in [-0.25, -0.2) is 4.98 Å². The molecule has 1 saturated heterocycles. The fourth-order valence-corrected chi connectivity index (χ4v) is 4.74. The van der Waals surface area contributed by atoms with Crippen LogP contribution in [-0.4, -0.2) is 47.6 Å². The van der Waals surface area contributed by atoms with Crippen LogP contribution in [0.25, 0.3) is 20.8 Å². The van der Waals surface area contributed by atoms with Gasteiger partial charge < -0.3 is 10.1 Å². The lowest BCUT2D eigenvalue weighted by molar-refractivity contribution is -0.121. The molecule has 6 heteroatoms. The molecule has 0 aliphatic carbocycles. The number of fused-ring (bicyclic) bond motifs is 1. The van der Waals surface area contributed by atoms with Gasteiger partial charge in [-0.2, -0.15) is 0 Å². The van der Waals surface area contributed by atoms with Crippen molar-refractivity contribution in [2.24, 2.45) is 0 Å². The minimum absolute atomic E-state index is 0.00418. The molecular formula is C22H25N3O2S. The first-order chi connectivity index (χ1) is 13.5. The summed E-state index contributed by atoms with van der Waals surface area (Å²) in [5.41, 5.74) is 4.13. The molecule has 1 aromatic heterocycles. The standard InChI is InChI=1S/C22H25N3O2S/c1-14-4-9-19-20(10-14)28-22(24-19)17-5-7-18(8-6-17)23-21(26)13-25-11-15(2)27-16(3)12-25/h4-10,15-16H,11-13H2,1-3H3,(H,23,26)/t15-,16-/m0/s1. The van der Waals surface area contributed by atoms with Crippen molar-refractivity contribution in [1.82, 2.24) is 9.88 Å². The van der Waals surface area contributed by atoms with E-state index in [4.69, 9.17) is 9.72 Å². The molecule has 2 aromatic carbocycles. The van der Waals surface area contributed by atoms with Crippen LogP contribution in [0.3, 0.4) is 0 Å². The zero-order valence-corrected chi connectivity index (χ0v) is 17.3. The third-order valence-corrected chi connectivity index (χ3v) is 5.89. The Labute approximate surface area is 169 Å². The summed E-state index contributed by atoms with van der Waals surface area (Å²) in [5, 5.41) is 3.99. The maximum Gasteiger partial charge on any atom is 0.238 e. The number of thiazole rings is 1. The highest BCUT2D eigenvalue weighted by molar-refractivity contribution is 7.21. The highest BCUT2D eigenvalue weighted by atomic mass is 32.1. The van der Waals surface area contributed by atoms with E-state index < -0.39 is 0 Å². The van der Waals surface area contributed by atoms with Gasteiger partial charge in [0.2, 0.25) is 5.91 Å². The predicted octanol–water partition coefficient (Wildman–Crippen LogP) is 4.32. The number of hydrogen-bond acceptors (Lipinski definition) is 5. The molecule has 0 spiro atoms. The zero-order chi connectivity index (χ0) is 19.7. The van der Waals surface area contributed by atoms with E-state index in [0.717, 1.165) is 34.9 Å². The van der Waals surface area contributed by atoms with Crippen molar-refractivity contribution in [1.29, 1.82) is 0 Å². The Morgan fingerprint density at radius 3 is 2.61 bits per heavy atom. The summed E-state index contributed by atoms with van der Waals surface area (Å²) in [5.74, 6) is 0.00418. The van der Waals surface area contributed by atoms with E-state index in [1.54, 1.807) is 11.3 Å². The molecule has 1 aliphatic rings. The highest BCUT2D eigenvalue weighted by Crippen LogP contribution is 2.31. The van der Waals surface area contributed by atoms with E-state index >= 15 is 0 Å². The molecule has 1 fully saturated rings. The number of anilines is 1. The van der Waals surface area contributed by atoms with Crippen molar-refractivity contribution in [3.05, 3.63) is 48.0 Å². The maximum atomic E-state index is 12.4. The van der Waals surface area contributed by atoms with E-state index in [0.29, 0.717) is 6.54 Å². The Morgan fingerprint density at radius 1 is 1.18 bits per heavy atom. The monoisotopic (exact) mass is 395 g/mol. The summed E-state index contributed by atoms with van der Waals surface area (Å²) in [6.07, 6.45) is 0.321. The number of benzene rings is 2. The van der Waals surface area contributed by atoms with Crippen LogP contribution in [0.15, 0.2) is 42.5 Å². The van der Waals surface area contributed by atoms with Crippen LogP contribution in [-0.2, 0) is 9.53 Å². The quantitative estimate of drug-likeness (QED) is 0.715. The maximum absolute atomic E-state index is 12.4. The van der Waals surface area contributed by atoms with Crippen molar-refractivity contribution in [2.75, 3.05) is 25.0 Å². The third kappa shape index (κ3) is 4.41. The van der Waals surface area contributed by atoms with E-state index in [9.17, 15) is 4.79 Å². The van der Waals surface area contributed by atoms with Crippen LogP contribution in [0.5, 0.6) is 0 Å². The van der Waals surface area contributed by atoms with Gasteiger partial charge >= 0.3 is 0 Å². The molecule has 2 atom stereocenters. The summed E-state index contributed by atoms with van der Waals surface area (Å²) in [6, 6.07) is 14.2. The first kappa shape index (κ1) is 19.1. The number of carbonyl (C=O) groups excluding carboxylic acids is 1. The largest absolute Gasteiger partial charge is 0.373 e. The number of carbonyl (C=O) groups is 1. The van der Waals surface area contributed by atoms with Crippen molar-refractivity contribution < 1.29 is 9.53 Å².